The standard InChI is InChI=1S/C38H35BClN3O6/c40-32-20-29(45)15-9-23(32)18-24(33-8-4-5-17-41-33)10-16-34-35-25(22-44)19-30-36(31(35)21-39(48)49-34)38(47)43(37(30)46)28-13-11-27(12-14-28)42-26-6-2-1-3-7-26/h1-9,11-15,17-18,20,30-31,34,36,42,44-45,48H,10,16,19,21-22H2/b24-18-/t30-,31+,34-,36-/m1/s1. The van der Waals surface area contributed by atoms with E-state index in [1.807, 2.05) is 66.7 Å². The second-order valence-electron chi connectivity index (χ2n) is 12.7. The van der Waals surface area contributed by atoms with Crippen LogP contribution in [-0.2, 0) is 14.2 Å². The number of para-hydroxylation sites is 1. The highest BCUT2D eigenvalue weighted by molar-refractivity contribution is 6.43. The molecule has 0 radical (unpaired) electrons. The number of hydrogen-bond donors (Lipinski definition) is 4. The van der Waals surface area contributed by atoms with Crippen molar-refractivity contribution in [1.82, 2.24) is 4.98 Å². The summed E-state index contributed by atoms with van der Waals surface area (Å²) in [4.78, 5) is 33.8. The number of pyridine rings is 1. The number of phenolic OH excluding ortho intramolecular Hbond substituents is 1. The minimum absolute atomic E-state index is 0.0619. The van der Waals surface area contributed by atoms with Crippen molar-refractivity contribution in [2.24, 2.45) is 17.8 Å². The molecule has 2 saturated heterocycles. The minimum atomic E-state index is -1.15. The molecule has 3 heterocycles. The van der Waals surface area contributed by atoms with Gasteiger partial charge in [0.1, 0.15) is 5.75 Å². The highest BCUT2D eigenvalue weighted by Crippen LogP contribution is 2.51. The third-order valence-electron chi connectivity index (χ3n) is 9.67. The number of amides is 2. The fourth-order valence-electron chi connectivity index (χ4n) is 7.48. The number of nitrogens with zero attached hydrogens (tertiary/aromatic N) is 2. The SMILES string of the molecule is O=C1[C@@H]2[C@@H](CC(CO)=C3[C@@H](CC/C(=C/c4ccc(O)cc4Cl)c4ccccn4)OB(O)C[C@@H]32)C(=O)N1c1ccc(Nc2ccccc2)cc1. The maximum atomic E-state index is 14.1. The molecule has 0 unspecified atom stereocenters. The van der Waals surface area contributed by atoms with Gasteiger partial charge in [0.2, 0.25) is 11.8 Å². The highest BCUT2D eigenvalue weighted by atomic mass is 35.5. The summed E-state index contributed by atoms with van der Waals surface area (Å²) < 4.78 is 6.11. The number of fused-ring (bicyclic) bond motifs is 3. The van der Waals surface area contributed by atoms with Crippen LogP contribution in [-0.4, -0.2) is 51.9 Å². The Morgan fingerprint density at radius 3 is 2.45 bits per heavy atom. The van der Waals surface area contributed by atoms with E-state index in [0.717, 1.165) is 28.2 Å². The van der Waals surface area contributed by atoms with E-state index in [4.69, 9.17) is 16.3 Å². The molecule has 3 aliphatic rings. The van der Waals surface area contributed by atoms with Crippen molar-refractivity contribution < 1.29 is 29.5 Å². The Morgan fingerprint density at radius 2 is 1.73 bits per heavy atom. The summed E-state index contributed by atoms with van der Waals surface area (Å²) in [6.45, 7) is -0.279. The third-order valence-corrected chi connectivity index (χ3v) is 10.00. The van der Waals surface area contributed by atoms with E-state index < -0.39 is 31.0 Å². The van der Waals surface area contributed by atoms with E-state index in [1.54, 1.807) is 30.5 Å². The maximum Gasteiger partial charge on any atom is 0.455 e. The van der Waals surface area contributed by atoms with Crippen LogP contribution in [0.4, 0.5) is 17.1 Å². The summed E-state index contributed by atoms with van der Waals surface area (Å²) in [7, 11) is -1.15. The lowest BCUT2D eigenvalue weighted by Gasteiger charge is -2.42. The van der Waals surface area contributed by atoms with Crippen LogP contribution in [0.5, 0.6) is 5.75 Å². The topological polar surface area (TPSA) is 132 Å². The number of imide groups is 1. The van der Waals surface area contributed by atoms with Gasteiger partial charge in [-0.3, -0.25) is 19.5 Å². The number of allylic oxidation sites excluding steroid dienone is 1. The van der Waals surface area contributed by atoms with E-state index in [-0.39, 0.29) is 36.9 Å². The zero-order chi connectivity index (χ0) is 34.1. The summed E-state index contributed by atoms with van der Waals surface area (Å²) >= 11 is 6.45. The van der Waals surface area contributed by atoms with E-state index in [2.05, 4.69) is 10.3 Å². The lowest BCUT2D eigenvalue weighted by molar-refractivity contribution is -0.122. The number of nitrogens with one attached hydrogen (secondary N) is 1. The molecule has 1 aromatic heterocycles. The van der Waals surface area contributed by atoms with Gasteiger partial charge in [0.05, 0.1) is 41.0 Å². The van der Waals surface area contributed by atoms with Crippen LogP contribution in [0.25, 0.3) is 11.6 Å². The van der Waals surface area contributed by atoms with Gasteiger partial charge in [0, 0.05) is 17.6 Å². The predicted octanol–water partition coefficient (Wildman–Crippen LogP) is 6.50. The monoisotopic (exact) mass is 675 g/mol. The quantitative estimate of drug-likeness (QED) is 0.0899. The number of hydrogen-bond acceptors (Lipinski definition) is 8. The molecule has 9 nitrogen and oxygen atoms in total. The van der Waals surface area contributed by atoms with Crippen molar-refractivity contribution >= 4 is 59.2 Å². The first-order valence-corrected chi connectivity index (χ1v) is 16.7. The number of aromatic nitrogens is 1. The second-order valence-corrected chi connectivity index (χ2v) is 13.1. The van der Waals surface area contributed by atoms with Crippen molar-refractivity contribution in [1.29, 1.82) is 0 Å². The normalized spacial score (nSPS) is 22.3. The molecule has 0 saturated carbocycles. The predicted molar refractivity (Wildman–Crippen MR) is 190 cm³/mol. The Labute approximate surface area is 289 Å². The number of carbonyl (C=O) groups is 2. The molecule has 7 rings (SSSR count). The Bertz CT molecular complexity index is 1920. The molecule has 0 bridgehead atoms. The smallest absolute Gasteiger partial charge is 0.455 e. The summed E-state index contributed by atoms with van der Waals surface area (Å²) in [5, 5.41) is 35.1. The number of aliphatic hydroxyl groups is 1. The van der Waals surface area contributed by atoms with Gasteiger partial charge in [-0.2, -0.15) is 0 Å². The van der Waals surface area contributed by atoms with Gasteiger partial charge < -0.3 is 25.2 Å². The molecule has 4 aromatic rings. The van der Waals surface area contributed by atoms with Gasteiger partial charge in [-0.15, -0.1) is 0 Å². The maximum absolute atomic E-state index is 14.1. The highest BCUT2D eigenvalue weighted by Gasteiger charge is 2.57. The first-order chi connectivity index (χ1) is 23.8. The first kappa shape index (κ1) is 32.8. The number of phenols is 1. The van der Waals surface area contributed by atoms with Gasteiger partial charge in [-0.1, -0.05) is 35.9 Å². The van der Waals surface area contributed by atoms with Crippen LogP contribution in [0.3, 0.4) is 0 Å². The van der Waals surface area contributed by atoms with Crippen LogP contribution in [0.1, 0.15) is 30.5 Å². The summed E-state index contributed by atoms with van der Waals surface area (Å²) in [5.74, 6) is -2.33. The van der Waals surface area contributed by atoms with Crippen LogP contribution in [0.15, 0.2) is 108 Å². The van der Waals surface area contributed by atoms with E-state index in [9.17, 15) is 24.8 Å². The molecule has 2 aliphatic heterocycles. The Kier molecular flexibility index (Phi) is 9.38. The number of carbonyl (C=O) groups excluding carboxylic acids is 2. The van der Waals surface area contributed by atoms with Gasteiger partial charge in [0.25, 0.3) is 0 Å². The van der Waals surface area contributed by atoms with E-state index >= 15 is 0 Å². The van der Waals surface area contributed by atoms with Gasteiger partial charge >= 0.3 is 7.12 Å². The number of aliphatic hydroxyl groups excluding tert-OH is 1. The number of halogens is 1. The van der Waals surface area contributed by atoms with Crippen LogP contribution in [0, 0.1) is 17.8 Å². The van der Waals surface area contributed by atoms with Crippen molar-refractivity contribution in [3.63, 3.8) is 0 Å². The summed E-state index contributed by atoms with van der Waals surface area (Å²) in [5.41, 5.74) is 5.99. The second kappa shape index (κ2) is 14.0. The Hall–Kier alpha value is -4.74. The summed E-state index contributed by atoms with van der Waals surface area (Å²) in [6, 6.07) is 27.3. The van der Waals surface area contributed by atoms with Gasteiger partial charge in [-0.05, 0) is 127 Å². The molecule has 49 heavy (non-hydrogen) atoms. The average Bonchev–Trinajstić information content (AvgIpc) is 3.36. The molecule has 11 heteroatoms. The van der Waals surface area contributed by atoms with E-state index in [0.29, 0.717) is 34.7 Å². The average molecular weight is 676 g/mol. The van der Waals surface area contributed by atoms with Gasteiger partial charge in [-0.25, -0.2) is 0 Å². The van der Waals surface area contributed by atoms with Crippen molar-refractivity contribution in [3.05, 3.63) is 125 Å². The van der Waals surface area contributed by atoms with E-state index in [1.165, 1.54) is 11.0 Å². The fraction of sp³-hybridized carbons (Fsp3) is 0.237. The molecule has 2 fully saturated rings. The lowest BCUT2D eigenvalue weighted by Crippen LogP contribution is -2.46. The molecule has 0 spiro atoms. The largest absolute Gasteiger partial charge is 0.508 e. The lowest BCUT2D eigenvalue weighted by atomic mass is 9.58. The van der Waals surface area contributed by atoms with Crippen molar-refractivity contribution in [3.8, 4) is 5.75 Å². The molecule has 4 atom stereocenters. The molecule has 1 aliphatic carbocycles. The molecular weight excluding hydrogens is 641 g/mol. The molecule has 248 valence electrons. The molecule has 2 amide bonds. The number of anilines is 3. The number of benzene rings is 3. The van der Waals surface area contributed by atoms with Gasteiger partial charge in [0.15, 0.2) is 0 Å². The summed E-state index contributed by atoms with van der Waals surface area (Å²) in [6.07, 6.45) is 4.30. The number of rotatable bonds is 9. The Balaban J connectivity index is 1.15. The number of aromatic hydroxyl groups is 1. The minimum Gasteiger partial charge on any atom is -0.508 e. The van der Waals surface area contributed by atoms with Crippen LogP contribution in [0.2, 0.25) is 11.3 Å². The Morgan fingerprint density at radius 1 is 0.980 bits per heavy atom. The molecule has 4 N–H and O–H groups in total. The molecule has 3 aromatic carbocycles. The van der Waals surface area contributed by atoms with Crippen molar-refractivity contribution in [2.45, 2.75) is 31.7 Å². The third kappa shape index (κ3) is 6.65. The first-order valence-electron chi connectivity index (χ1n) is 16.4. The van der Waals surface area contributed by atoms with Crippen molar-refractivity contribution in [2.75, 3.05) is 16.8 Å². The fourth-order valence-corrected chi connectivity index (χ4v) is 7.71. The molecular formula is C38H35BClN3O6. The zero-order valence-corrected chi connectivity index (χ0v) is 27.3. The zero-order valence-electron chi connectivity index (χ0n) is 26.6. The van der Waals surface area contributed by atoms with Crippen LogP contribution < -0.4 is 10.2 Å². The van der Waals surface area contributed by atoms with Crippen LogP contribution >= 0.6 is 11.6 Å².